The van der Waals surface area contributed by atoms with E-state index in [-0.39, 0.29) is 11.7 Å². The minimum absolute atomic E-state index is 0.0297. The van der Waals surface area contributed by atoms with Crippen LogP contribution >= 0.6 is 11.8 Å². The highest BCUT2D eigenvalue weighted by Gasteiger charge is 2.21. The number of carbonyl (C=O) groups excluding carboxylic acids is 2. The van der Waals surface area contributed by atoms with Gasteiger partial charge in [-0.2, -0.15) is 0 Å². The smallest absolute Gasteiger partial charge is 0.262 e. The average Bonchev–Trinajstić information content (AvgIpc) is 3.11. The molecule has 1 amide bonds. The molecule has 3 aromatic rings. The van der Waals surface area contributed by atoms with Crippen molar-refractivity contribution in [3.05, 3.63) is 76.9 Å². The Morgan fingerprint density at radius 1 is 1.04 bits per heavy atom. The van der Waals surface area contributed by atoms with E-state index in [4.69, 9.17) is 4.42 Å². The number of fused-ring (bicyclic) bond motifs is 1. The van der Waals surface area contributed by atoms with E-state index >= 15 is 0 Å². The van der Waals surface area contributed by atoms with Gasteiger partial charge in [0.05, 0.1) is 10.6 Å². The Morgan fingerprint density at radius 2 is 1.81 bits per heavy atom. The topological polar surface area (TPSA) is 59.3 Å². The lowest BCUT2D eigenvalue weighted by Gasteiger charge is -2.17. The lowest BCUT2D eigenvalue weighted by molar-refractivity contribution is -0.112. The van der Waals surface area contributed by atoms with Crippen molar-refractivity contribution in [3.8, 4) is 11.3 Å². The van der Waals surface area contributed by atoms with Crippen molar-refractivity contribution in [2.24, 2.45) is 0 Å². The second-order valence-electron chi connectivity index (χ2n) is 5.90. The van der Waals surface area contributed by atoms with E-state index in [9.17, 15) is 9.59 Å². The fraction of sp³-hybridized carbons (Fsp3) is 0.0476. The first-order valence-corrected chi connectivity index (χ1v) is 8.93. The number of carbonyl (C=O) groups is 2. The zero-order chi connectivity index (χ0) is 18.1. The molecular weight excluding hydrogens is 346 g/mol. The molecule has 1 aliphatic rings. The quantitative estimate of drug-likeness (QED) is 0.512. The molecule has 1 aliphatic heterocycles. The zero-order valence-electron chi connectivity index (χ0n) is 14.0. The number of furan rings is 1. The monoisotopic (exact) mass is 361 g/mol. The summed E-state index contributed by atoms with van der Waals surface area (Å²) in [6.07, 6.45) is 1.74. The minimum Gasteiger partial charge on any atom is -0.457 e. The number of rotatable bonds is 3. The van der Waals surface area contributed by atoms with Crippen LogP contribution in [0.3, 0.4) is 0 Å². The highest BCUT2D eigenvalue weighted by atomic mass is 32.2. The van der Waals surface area contributed by atoms with Crippen LogP contribution in [0.25, 0.3) is 17.4 Å². The average molecular weight is 361 g/mol. The van der Waals surface area contributed by atoms with Gasteiger partial charge in [0.2, 0.25) is 0 Å². The predicted molar refractivity (Wildman–Crippen MR) is 103 cm³/mol. The van der Waals surface area contributed by atoms with Gasteiger partial charge in [0.1, 0.15) is 11.5 Å². The van der Waals surface area contributed by atoms with Crippen LogP contribution < -0.4 is 5.32 Å². The lowest BCUT2D eigenvalue weighted by atomic mass is 10.1. The van der Waals surface area contributed by atoms with Crippen LogP contribution in [0, 0.1) is 0 Å². The third kappa shape index (κ3) is 3.21. The molecule has 0 bridgehead atoms. The highest BCUT2D eigenvalue weighted by Crippen LogP contribution is 2.38. The molecule has 0 atom stereocenters. The van der Waals surface area contributed by atoms with Gasteiger partial charge >= 0.3 is 0 Å². The molecule has 0 fully saturated rings. The minimum atomic E-state index is -0.141. The SMILES string of the molecule is CC(=O)c1ccc(-c2ccc(/C=C3\Sc4ccccc4NC3=O)o2)cc1. The maximum Gasteiger partial charge on any atom is 0.262 e. The van der Waals surface area contributed by atoms with Crippen LogP contribution in [0.5, 0.6) is 0 Å². The summed E-state index contributed by atoms with van der Waals surface area (Å²) in [6.45, 7) is 1.54. The third-order valence-corrected chi connectivity index (χ3v) is 5.15. The Balaban J connectivity index is 1.59. The number of amides is 1. The summed E-state index contributed by atoms with van der Waals surface area (Å²) in [6, 6.07) is 18.6. The summed E-state index contributed by atoms with van der Waals surface area (Å²) >= 11 is 1.42. The van der Waals surface area contributed by atoms with Gasteiger partial charge in [0.25, 0.3) is 5.91 Å². The van der Waals surface area contributed by atoms with E-state index in [1.165, 1.54) is 18.7 Å². The van der Waals surface area contributed by atoms with Crippen molar-refractivity contribution in [1.29, 1.82) is 0 Å². The van der Waals surface area contributed by atoms with E-state index in [2.05, 4.69) is 5.32 Å². The normalized spacial score (nSPS) is 14.8. The van der Waals surface area contributed by atoms with Crippen LogP contribution in [-0.2, 0) is 4.79 Å². The second-order valence-corrected chi connectivity index (χ2v) is 6.98. The molecule has 1 aromatic heterocycles. The first kappa shape index (κ1) is 16.4. The molecule has 2 aromatic carbocycles. The Morgan fingerprint density at radius 3 is 2.58 bits per heavy atom. The molecule has 26 heavy (non-hydrogen) atoms. The van der Waals surface area contributed by atoms with Crippen molar-refractivity contribution in [2.75, 3.05) is 5.32 Å². The van der Waals surface area contributed by atoms with Crippen LogP contribution in [0.1, 0.15) is 23.0 Å². The molecule has 4 rings (SSSR count). The molecule has 2 heterocycles. The van der Waals surface area contributed by atoms with Gasteiger partial charge < -0.3 is 9.73 Å². The largest absolute Gasteiger partial charge is 0.457 e. The number of benzene rings is 2. The number of anilines is 1. The van der Waals surface area contributed by atoms with E-state index in [1.807, 2.05) is 48.5 Å². The number of hydrogen-bond donors (Lipinski definition) is 1. The summed E-state index contributed by atoms with van der Waals surface area (Å²) in [5.41, 5.74) is 2.37. The van der Waals surface area contributed by atoms with Crippen molar-refractivity contribution in [2.45, 2.75) is 11.8 Å². The molecule has 4 nitrogen and oxygen atoms in total. The van der Waals surface area contributed by atoms with Gasteiger partial charge in [-0.15, -0.1) is 0 Å². The first-order valence-electron chi connectivity index (χ1n) is 8.11. The zero-order valence-corrected chi connectivity index (χ0v) is 14.8. The van der Waals surface area contributed by atoms with Crippen LogP contribution in [0.15, 0.2) is 74.9 Å². The number of para-hydroxylation sites is 1. The maximum atomic E-state index is 12.3. The van der Waals surface area contributed by atoms with Crippen molar-refractivity contribution in [1.82, 2.24) is 0 Å². The van der Waals surface area contributed by atoms with Crippen LogP contribution in [0.4, 0.5) is 5.69 Å². The molecule has 1 N–H and O–H groups in total. The van der Waals surface area contributed by atoms with Gasteiger partial charge in [-0.1, -0.05) is 48.2 Å². The number of thioether (sulfide) groups is 1. The van der Waals surface area contributed by atoms with Gasteiger partial charge in [-0.05, 0) is 31.2 Å². The number of hydrogen-bond acceptors (Lipinski definition) is 4. The Labute approximate surface area is 154 Å². The number of ketones is 1. The molecule has 128 valence electrons. The van der Waals surface area contributed by atoms with Crippen LogP contribution in [0.2, 0.25) is 0 Å². The molecule has 0 radical (unpaired) electrons. The van der Waals surface area contributed by atoms with Gasteiger partial charge in [0, 0.05) is 22.1 Å². The molecule has 0 aliphatic carbocycles. The number of nitrogens with one attached hydrogen (secondary N) is 1. The summed E-state index contributed by atoms with van der Waals surface area (Å²) in [5, 5.41) is 2.88. The molecule has 5 heteroatoms. The number of Topliss-reactive ketones (excluding diaryl/α,β-unsaturated/α-hetero) is 1. The highest BCUT2D eigenvalue weighted by molar-refractivity contribution is 8.04. The van der Waals surface area contributed by atoms with Crippen molar-refractivity contribution >= 4 is 35.2 Å². The van der Waals surface area contributed by atoms with Crippen LogP contribution in [-0.4, -0.2) is 11.7 Å². The summed E-state index contributed by atoms with van der Waals surface area (Å²) in [7, 11) is 0. The molecule has 0 saturated carbocycles. The fourth-order valence-corrected chi connectivity index (χ4v) is 3.62. The summed E-state index contributed by atoms with van der Waals surface area (Å²) in [5.74, 6) is 1.18. The summed E-state index contributed by atoms with van der Waals surface area (Å²) < 4.78 is 5.85. The second kappa shape index (κ2) is 6.69. The molecule has 0 saturated heterocycles. The molecular formula is C21H15NO3S. The van der Waals surface area contributed by atoms with E-state index in [0.29, 0.717) is 22.0 Å². The fourth-order valence-electron chi connectivity index (χ4n) is 2.69. The maximum absolute atomic E-state index is 12.3. The van der Waals surface area contributed by atoms with Crippen molar-refractivity contribution in [3.63, 3.8) is 0 Å². The Kier molecular flexibility index (Phi) is 4.22. The standard InChI is InChI=1S/C21H15NO3S/c1-13(23)14-6-8-15(9-7-14)18-11-10-16(25-18)12-20-21(24)22-17-4-2-3-5-19(17)26-20/h2-12H,1H3,(H,22,24)/b20-12-. The van der Waals surface area contributed by atoms with E-state index in [0.717, 1.165) is 16.1 Å². The van der Waals surface area contributed by atoms with E-state index < -0.39 is 0 Å². The van der Waals surface area contributed by atoms with Crippen molar-refractivity contribution < 1.29 is 14.0 Å². The van der Waals surface area contributed by atoms with Gasteiger partial charge in [-0.3, -0.25) is 9.59 Å². The molecule has 0 unspecified atom stereocenters. The van der Waals surface area contributed by atoms with Gasteiger partial charge in [0.15, 0.2) is 5.78 Å². The first-order chi connectivity index (χ1) is 12.6. The Bertz CT molecular complexity index is 1030. The van der Waals surface area contributed by atoms with Gasteiger partial charge in [-0.25, -0.2) is 0 Å². The molecule has 0 spiro atoms. The summed E-state index contributed by atoms with van der Waals surface area (Å²) in [4.78, 5) is 25.2. The Hall–Kier alpha value is -3.05. The predicted octanol–water partition coefficient (Wildman–Crippen LogP) is 5.23. The third-order valence-electron chi connectivity index (χ3n) is 4.06. The lowest BCUT2D eigenvalue weighted by Crippen LogP contribution is -2.16. The van der Waals surface area contributed by atoms with E-state index in [1.54, 1.807) is 18.2 Å².